The molecule has 12 heteroatoms. The van der Waals surface area contributed by atoms with Crippen LogP contribution >= 0.6 is 15.9 Å². The molecule has 3 amide bonds. The van der Waals surface area contributed by atoms with E-state index in [0.29, 0.717) is 52.1 Å². The van der Waals surface area contributed by atoms with E-state index in [-0.39, 0.29) is 24.1 Å². The Labute approximate surface area is 225 Å². The molecule has 1 aliphatic rings. The van der Waals surface area contributed by atoms with Crippen molar-refractivity contribution in [2.75, 3.05) is 11.9 Å². The van der Waals surface area contributed by atoms with Crippen molar-refractivity contribution in [1.29, 1.82) is 0 Å². The van der Waals surface area contributed by atoms with E-state index >= 15 is 0 Å². The highest BCUT2D eigenvalue weighted by Gasteiger charge is 2.34. The first-order chi connectivity index (χ1) is 18.4. The molecule has 0 spiro atoms. The summed E-state index contributed by atoms with van der Waals surface area (Å²) in [6, 6.07) is 11.4. The Morgan fingerprint density at radius 2 is 1.92 bits per heavy atom. The van der Waals surface area contributed by atoms with Gasteiger partial charge in [0.25, 0.3) is 5.91 Å². The summed E-state index contributed by atoms with van der Waals surface area (Å²) < 4.78 is 2.02. The third-order valence-corrected chi connectivity index (χ3v) is 6.44. The normalized spacial score (nSPS) is 14.7. The lowest BCUT2D eigenvalue weighted by Crippen LogP contribution is -2.44. The first-order valence-electron chi connectivity index (χ1n) is 11.7. The molecule has 1 fully saturated rings. The molecule has 0 saturated carbocycles. The van der Waals surface area contributed by atoms with Crippen LogP contribution in [0.2, 0.25) is 0 Å². The van der Waals surface area contributed by atoms with Gasteiger partial charge in [0.05, 0.1) is 5.52 Å². The van der Waals surface area contributed by atoms with E-state index in [1.54, 1.807) is 54.9 Å². The van der Waals surface area contributed by atoms with Crippen LogP contribution in [-0.4, -0.2) is 59.9 Å². The van der Waals surface area contributed by atoms with Crippen molar-refractivity contribution in [2.24, 2.45) is 5.73 Å². The van der Waals surface area contributed by atoms with Gasteiger partial charge in [-0.1, -0.05) is 12.0 Å². The van der Waals surface area contributed by atoms with Crippen molar-refractivity contribution in [3.63, 3.8) is 0 Å². The molecule has 38 heavy (non-hydrogen) atoms. The molecule has 190 valence electrons. The molecule has 3 aromatic heterocycles. The predicted octanol–water partition coefficient (Wildman–Crippen LogP) is 2.11. The quantitative estimate of drug-likeness (QED) is 0.274. The Morgan fingerprint density at radius 1 is 1.11 bits per heavy atom. The number of halogens is 1. The number of rotatable bonds is 5. The minimum Gasteiger partial charge on any atom is -0.364 e. The number of nitrogens with one attached hydrogen (secondary N) is 1. The lowest BCUT2D eigenvalue weighted by molar-refractivity contribution is -0.137. The van der Waals surface area contributed by atoms with Gasteiger partial charge in [-0.15, -0.1) is 0 Å². The topological polar surface area (TPSA) is 149 Å². The number of anilines is 1. The molecular formula is C26H21BrN8O3. The van der Waals surface area contributed by atoms with E-state index in [2.05, 4.69) is 53.1 Å². The van der Waals surface area contributed by atoms with Crippen LogP contribution in [0.1, 0.15) is 34.7 Å². The summed E-state index contributed by atoms with van der Waals surface area (Å²) in [5, 5.41) is 7.56. The van der Waals surface area contributed by atoms with Crippen molar-refractivity contribution in [3.8, 4) is 11.8 Å². The number of aromatic nitrogens is 5. The Kier molecular flexibility index (Phi) is 7.10. The molecule has 1 aliphatic heterocycles. The third kappa shape index (κ3) is 5.37. The fourth-order valence-corrected chi connectivity index (χ4v) is 4.64. The predicted molar refractivity (Wildman–Crippen MR) is 142 cm³/mol. The van der Waals surface area contributed by atoms with Crippen LogP contribution in [0, 0.1) is 11.8 Å². The molecule has 5 rings (SSSR count). The molecule has 3 N–H and O–H groups in total. The van der Waals surface area contributed by atoms with Crippen LogP contribution in [0.4, 0.5) is 5.82 Å². The van der Waals surface area contributed by atoms with E-state index in [9.17, 15) is 14.4 Å². The highest BCUT2D eigenvalue weighted by atomic mass is 79.9. The van der Waals surface area contributed by atoms with Gasteiger partial charge in [-0.05, 0) is 71.1 Å². The van der Waals surface area contributed by atoms with Gasteiger partial charge in [-0.2, -0.15) is 5.10 Å². The Hall–Kier alpha value is -4.63. The van der Waals surface area contributed by atoms with Gasteiger partial charge >= 0.3 is 0 Å². The average Bonchev–Trinajstić information content (AvgIpc) is 3.54. The number of hydrogen-bond donors (Lipinski definition) is 2. The van der Waals surface area contributed by atoms with Crippen LogP contribution < -0.4 is 11.1 Å². The number of carbonyl (C=O) groups excluding carboxylic acids is 3. The number of amides is 3. The molecule has 0 bridgehead atoms. The Morgan fingerprint density at radius 3 is 2.68 bits per heavy atom. The number of benzene rings is 1. The monoisotopic (exact) mass is 572 g/mol. The molecular weight excluding hydrogens is 552 g/mol. The van der Waals surface area contributed by atoms with E-state index in [1.807, 2.05) is 0 Å². The lowest BCUT2D eigenvalue weighted by Gasteiger charge is -2.24. The Balaban J connectivity index is 1.37. The number of primary amides is 1. The van der Waals surface area contributed by atoms with Crippen LogP contribution in [0.25, 0.3) is 10.9 Å². The first kappa shape index (κ1) is 25.0. The summed E-state index contributed by atoms with van der Waals surface area (Å²) in [5.74, 6) is 5.26. The highest BCUT2D eigenvalue weighted by Crippen LogP contribution is 2.23. The second kappa shape index (κ2) is 10.8. The number of pyridine rings is 1. The number of nitrogens with two attached hydrogens (primary N) is 1. The molecule has 0 aliphatic carbocycles. The largest absolute Gasteiger partial charge is 0.364 e. The highest BCUT2D eigenvalue weighted by molar-refractivity contribution is 9.10. The Bertz CT molecular complexity index is 1610. The first-order valence-corrected chi connectivity index (χ1v) is 12.5. The maximum absolute atomic E-state index is 13.3. The molecule has 1 aromatic carbocycles. The maximum atomic E-state index is 13.3. The minimum absolute atomic E-state index is 0.0313. The van der Waals surface area contributed by atoms with Crippen LogP contribution in [0.3, 0.4) is 0 Å². The standard InChI is InChI=1S/C26H21BrN8O3/c27-20-5-1-6-22(31-20)32-26(38)19-4-2-13-34(19)23(36)15-35-18-9-7-16(8-10-21-29-11-3-12-30-21)14-17(18)24(33-35)25(28)37/h1,3,5-7,9,11-12,14,19H,2,4,13,15H2,(H2,28,37)(H,31,32,38). The van der Waals surface area contributed by atoms with Gasteiger partial charge < -0.3 is 16.0 Å². The fourth-order valence-electron chi connectivity index (χ4n) is 4.30. The van der Waals surface area contributed by atoms with Gasteiger partial charge in [-0.3, -0.25) is 19.1 Å². The van der Waals surface area contributed by atoms with Crippen molar-refractivity contribution < 1.29 is 14.4 Å². The zero-order chi connectivity index (χ0) is 26.6. The molecule has 0 radical (unpaired) electrons. The molecule has 11 nitrogen and oxygen atoms in total. The average molecular weight is 573 g/mol. The van der Waals surface area contributed by atoms with Crippen molar-refractivity contribution >= 4 is 50.4 Å². The summed E-state index contributed by atoms with van der Waals surface area (Å²) in [4.78, 5) is 52.3. The van der Waals surface area contributed by atoms with Crippen LogP contribution in [0.5, 0.6) is 0 Å². The van der Waals surface area contributed by atoms with E-state index in [4.69, 9.17) is 5.73 Å². The molecule has 4 heterocycles. The van der Waals surface area contributed by atoms with Crippen molar-refractivity contribution in [3.05, 3.63) is 76.5 Å². The summed E-state index contributed by atoms with van der Waals surface area (Å²) in [7, 11) is 0. The molecule has 1 unspecified atom stereocenters. The van der Waals surface area contributed by atoms with Gasteiger partial charge in [0.2, 0.25) is 17.6 Å². The smallest absolute Gasteiger partial charge is 0.269 e. The number of nitrogens with zero attached hydrogens (tertiary/aromatic N) is 6. The third-order valence-electron chi connectivity index (χ3n) is 6.00. The van der Waals surface area contributed by atoms with Crippen LogP contribution in [0.15, 0.2) is 59.5 Å². The number of hydrogen-bond acceptors (Lipinski definition) is 7. The maximum Gasteiger partial charge on any atom is 0.269 e. The van der Waals surface area contributed by atoms with Crippen LogP contribution in [-0.2, 0) is 16.1 Å². The summed E-state index contributed by atoms with van der Waals surface area (Å²) in [5.41, 5.74) is 6.77. The van der Waals surface area contributed by atoms with Gasteiger partial charge in [0.1, 0.15) is 23.0 Å². The van der Waals surface area contributed by atoms with Gasteiger partial charge in [0, 0.05) is 29.9 Å². The second-order valence-electron chi connectivity index (χ2n) is 8.50. The number of likely N-dealkylation sites (tertiary alicyclic amines) is 1. The summed E-state index contributed by atoms with van der Waals surface area (Å²) >= 11 is 3.28. The summed E-state index contributed by atoms with van der Waals surface area (Å²) in [6.45, 7) is 0.275. The SMILES string of the molecule is NC(=O)c1nn(CC(=O)N2CCCC2C(=O)Nc2cccc(Br)n2)c2ccc(C#Cc3ncccn3)cc12. The van der Waals surface area contributed by atoms with Crippen molar-refractivity contribution in [1.82, 2.24) is 29.6 Å². The van der Waals surface area contributed by atoms with E-state index in [0.717, 1.165) is 0 Å². The van der Waals surface area contributed by atoms with Crippen molar-refractivity contribution in [2.45, 2.75) is 25.4 Å². The minimum atomic E-state index is -0.724. The fraction of sp³-hybridized carbons (Fsp3) is 0.192. The zero-order valence-corrected chi connectivity index (χ0v) is 21.6. The number of fused-ring (bicyclic) bond motifs is 1. The van der Waals surface area contributed by atoms with Gasteiger partial charge in [0.15, 0.2) is 5.69 Å². The molecule has 1 saturated heterocycles. The van der Waals surface area contributed by atoms with Gasteiger partial charge in [-0.25, -0.2) is 15.0 Å². The van der Waals surface area contributed by atoms with E-state index < -0.39 is 11.9 Å². The molecule has 4 aromatic rings. The zero-order valence-electron chi connectivity index (χ0n) is 20.0. The summed E-state index contributed by atoms with van der Waals surface area (Å²) in [6.07, 6.45) is 4.41. The molecule has 1 atom stereocenters. The number of carbonyl (C=O) groups is 3. The van der Waals surface area contributed by atoms with E-state index in [1.165, 1.54) is 9.58 Å². The lowest BCUT2D eigenvalue weighted by atomic mass is 10.1. The second-order valence-corrected chi connectivity index (χ2v) is 9.32.